The number of hydrogen-bond acceptors (Lipinski definition) is 7. The van der Waals surface area contributed by atoms with Gasteiger partial charge in [-0.1, -0.05) is 37.3 Å². The molecule has 0 spiro atoms. The highest BCUT2D eigenvalue weighted by Gasteiger charge is 2.16. The second-order valence-electron chi connectivity index (χ2n) is 5.09. The zero-order valence-corrected chi connectivity index (χ0v) is 15.3. The maximum atomic E-state index is 11.0. The molecule has 0 aliphatic rings. The minimum Gasteiger partial charge on any atom is -0.468 e. The molecule has 0 fully saturated rings. The molecule has 0 aliphatic heterocycles. The van der Waals surface area contributed by atoms with Gasteiger partial charge in [0, 0.05) is 13.2 Å². The number of esters is 1. The molecule has 0 aliphatic carbocycles. The van der Waals surface area contributed by atoms with Gasteiger partial charge in [-0.25, -0.2) is 0 Å². The summed E-state index contributed by atoms with van der Waals surface area (Å²) < 4.78 is 4.55. The summed E-state index contributed by atoms with van der Waals surface area (Å²) in [5.41, 5.74) is 1.30. The van der Waals surface area contributed by atoms with Crippen molar-refractivity contribution in [3.63, 3.8) is 0 Å². The summed E-state index contributed by atoms with van der Waals surface area (Å²) in [7, 11) is 1.35. The number of hydrogen-bond donors (Lipinski definition) is 4. The number of carbonyl (C=O) groups excluding carboxylic acids is 1. The normalized spacial score (nSPS) is 10.5. The minimum absolute atomic E-state index is 0.00349. The fourth-order valence-corrected chi connectivity index (χ4v) is 1.82. The Bertz CT molecular complexity index is 454. The van der Waals surface area contributed by atoms with Crippen LogP contribution in [0.2, 0.25) is 0 Å². The summed E-state index contributed by atoms with van der Waals surface area (Å²) in [6.45, 7) is 3.06. The number of benzene rings is 1. The monoisotopic (exact) mass is 374 g/mol. The molecule has 0 radical (unpaired) electrons. The zero-order valence-electron chi connectivity index (χ0n) is 15.3. The maximum absolute atomic E-state index is 11.0. The van der Waals surface area contributed by atoms with Gasteiger partial charge in [0.2, 0.25) is 0 Å². The topological polar surface area (TPSA) is 142 Å². The van der Waals surface area contributed by atoms with Crippen molar-refractivity contribution >= 4 is 5.97 Å². The Kier molecular flexibility index (Phi) is 19.1. The third-order valence-corrected chi connectivity index (χ3v) is 3.01. The molecule has 26 heavy (non-hydrogen) atoms. The molecule has 0 heterocycles. The molecule has 1 aromatic carbocycles. The number of rotatable bonds is 9. The fraction of sp³-hybridized carbons (Fsp3) is 0.588. The van der Waals surface area contributed by atoms with Gasteiger partial charge in [-0.15, -0.1) is 10.1 Å². The van der Waals surface area contributed by atoms with Crippen molar-refractivity contribution in [2.45, 2.75) is 38.6 Å². The number of aliphatic hydroxyl groups excluding tert-OH is 2. The van der Waals surface area contributed by atoms with Gasteiger partial charge < -0.3 is 25.5 Å². The molecule has 1 atom stereocenters. The molecule has 1 rings (SSSR count). The Hall–Kier alpha value is -2.23. The van der Waals surface area contributed by atoms with Crippen LogP contribution in [0.15, 0.2) is 30.3 Å². The van der Waals surface area contributed by atoms with E-state index in [0.717, 1.165) is 25.8 Å². The first-order valence-corrected chi connectivity index (χ1v) is 8.32. The van der Waals surface area contributed by atoms with Crippen molar-refractivity contribution in [1.82, 2.24) is 5.32 Å². The van der Waals surface area contributed by atoms with Crippen molar-refractivity contribution in [2.24, 2.45) is 0 Å². The number of ether oxygens (including phenoxy) is 1. The van der Waals surface area contributed by atoms with E-state index in [2.05, 4.69) is 22.2 Å². The summed E-state index contributed by atoms with van der Waals surface area (Å²) in [5, 5.41) is 33.8. The van der Waals surface area contributed by atoms with E-state index in [0.29, 0.717) is 6.42 Å². The molecule has 150 valence electrons. The van der Waals surface area contributed by atoms with Gasteiger partial charge in [0.15, 0.2) is 0 Å². The van der Waals surface area contributed by atoms with E-state index in [-0.39, 0.29) is 25.2 Å². The van der Waals surface area contributed by atoms with Crippen molar-refractivity contribution in [3.05, 3.63) is 46.0 Å². The second kappa shape index (κ2) is 19.1. The minimum atomic E-state index is -1.50. The number of methoxy groups -OCH3 is 1. The molecule has 1 aromatic rings. The molecule has 1 unspecified atom stereocenters. The number of nitrogens with zero attached hydrogens (tertiary/aromatic N) is 1. The quantitative estimate of drug-likeness (QED) is 0.287. The third kappa shape index (κ3) is 18.1. The molecule has 0 saturated heterocycles. The van der Waals surface area contributed by atoms with Gasteiger partial charge in [-0.05, 0) is 37.8 Å². The summed E-state index contributed by atoms with van der Waals surface area (Å²) in [5.74, 6) is -0.308. The highest BCUT2D eigenvalue weighted by atomic mass is 16.9. The van der Waals surface area contributed by atoms with E-state index >= 15 is 0 Å². The van der Waals surface area contributed by atoms with E-state index in [1.54, 1.807) is 0 Å². The number of carbonyl (C=O) groups is 1. The van der Waals surface area contributed by atoms with Crippen molar-refractivity contribution < 1.29 is 30.0 Å². The van der Waals surface area contributed by atoms with Crippen LogP contribution in [-0.2, 0) is 16.0 Å². The van der Waals surface area contributed by atoms with Crippen LogP contribution >= 0.6 is 0 Å². The molecule has 4 N–H and O–H groups in total. The van der Waals surface area contributed by atoms with E-state index in [9.17, 15) is 4.79 Å². The Morgan fingerprint density at radius 2 is 1.85 bits per heavy atom. The Morgan fingerprint density at radius 3 is 2.27 bits per heavy atom. The van der Waals surface area contributed by atoms with Crippen molar-refractivity contribution in [2.75, 3.05) is 26.9 Å². The highest BCUT2D eigenvalue weighted by molar-refractivity contribution is 5.75. The van der Waals surface area contributed by atoms with Gasteiger partial charge in [0.1, 0.15) is 6.04 Å². The standard InChI is InChI=1S/C9H12O.C8H17NO3.HNO3/c10-8-4-7-9-5-2-1-3-6-9;1-3-5-9-7(4-6-10)8(11)12-2;2-1(3)4/h1-3,5-6,10H,4,7-8H2;7,9-10H,3-6H2,1-2H3;(H,2,3,4). The third-order valence-electron chi connectivity index (χ3n) is 3.01. The van der Waals surface area contributed by atoms with Crippen molar-refractivity contribution in [3.8, 4) is 0 Å². The molecule has 9 heteroatoms. The largest absolute Gasteiger partial charge is 0.468 e. The summed E-state index contributed by atoms with van der Waals surface area (Å²) in [4.78, 5) is 19.4. The lowest BCUT2D eigenvalue weighted by atomic mass is 10.1. The molecule has 9 nitrogen and oxygen atoms in total. The van der Waals surface area contributed by atoms with Crippen LogP contribution in [0.1, 0.15) is 31.7 Å². The molecule has 0 bridgehead atoms. The molecule has 0 aromatic heterocycles. The molecule has 0 amide bonds. The molecule has 0 saturated carbocycles. The lowest BCUT2D eigenvalue weighted by Gasteiger charge is -2.14. The fourth-order valence-electron chi connectivity index (χ4n) is 1.82. The van der Waals surface area contributed by atoms with Gasteiger partial charge in [0.25, 0.3) is 5.09 Å². The van der Waals surface area contributed by atoms with Crippen LogP contribution in [0, 0.1) is 10.1 Å². The van der Waals surface area contributed by atoms with Crippen LogP contribution in [0.5, 0.6) is 0 Å². The predicted octanol–water partition coefficient (Wildman–Crippen LogP) is 1.17. The first-order chi connectivity index (χ1) is 12.4. The van der Waals surface area contributed by atoms with E-state index in [1.165, 1.54) is 12.7 Å². The van der Waals surface area contributed by atoms with E-state index < -0.39 is 5.09 Å². The zero-order chi connectivity index (χ0) is 20.2. The highest BCUT2D eigenvalue weighted by Crippen LogP contribution is 2.00. The maximum Gasteiger partial charge on any atom is 0.322 e. The Labute approximate surface area is 153 Å². The van der Waals surface area contributed by atoms with Gasteiger partial charge in [-0.3, -0.25) is 4.79 Å². The SMILES string of the molecule is CCCNC(CCO)C(=O)OC.O=[N+]([O-])O.OCCCc1ccccc1. The summed E-state index contributed by atoms with van der Waals surface area (Å²) >= 11 is 0. The Morgan fingerprint density at radius 1 is 1.27 bits per heavy atom. The van der Waals surface area contributed by atoms with Crippen LogP contribution in [0.4, 0.5) is 0 Å². The lowest BCUT2D eigenvalue weighted by Crippen LogP contribution is -2.38. The first-order valence-electron chi connectivity index (χ1n) is 8.32. The predicted molar refractivity (Wildman–Crippen MR) is 96.4 cm³/mol. The average molecular weight is 374 g/mol. The number of aliphatic hydroxyl groups is 2. The van der Waals surface area contributed by atoms with Crippen LogP contribution < -0.4 is 5.32 Å². The summed E-state index contributed by atoms with van der Waals surface area (Å²) in [6.07, 6.45) is 3.22. The van der Waals surface area contributed by atoms with E-state index in [1.807, 2.05) is 25.1 Å². The number of aryl methyl sites for hydroxylation is 1. The smallest absolute Gasteiger partial charge is 0.322 e. The molecular formula is C17H30N2O7. The van der Waals surface area contributed by atoms with Crippen LogP contribution in [0.25, 0.3) is 0 Å². The second-order valence-corrected chi connectivity index (χ2v) is 5.09. The van der Waals surface area contributed by atoms with Gasteiger partial charge in [-0.2, -0.15) is 0 Å². The van der Waals surface area contributed by atoms with Crippen molar-refractivity contribution in [1.29, 1.82) is 0 Å². The molecular weight excluding hydrogens is 344 g/mol. The van der Waals surface area contributed by atoms with Gasteiger partial charge >= 0.3 is 5.97 Å². The first kappa shape index (κ1) is 26.0. The summed E-state index contributed by atoms with van der Waals surface area (Å²) in [6, 6.07) is 9.84. The number of nitrogens with one attached hydrogen (secondary N) is 1. The average Bonchev–Trinajstić information content (AvgIpc) is 2.63. The Balaban J connectivity index is 0. The van der Waals surface area contributed by atoms with Crippen LogP contribution in [0.3, 0.4) is 0 Å². The van der Waals surface area contributed by atoms with Crippen LogP contribution in [-0.4, -0.2) is 59.4 Å². The van der Waals surface area contributed by atoms with E-state index in [4.69, 9.17) is 25.5 Å². The van der Waals surface area contributed by atoms with Gasteiger partial charge in [0.05, 0.1) is 7.11 Å². The lowest BCUT2D eigenvalue weighted by molar-refractivity contribution is -0.742.